The van der Waals surface area contributed by atoms with Crippen LogP contribution in [-0.2, 0) is 0 Å². The standard InChI is InChI=1S/C11H10N2O2S/c1-7-2-3-8(10(14)4-7)13-11(15)9-5-16-6-12-9/h2-6,14H,1H3,(H,13,15). The molecule has 0 fully saturated rings. The number of hydrogen-bond acceptors (Lipinski definition) is 4. The maximum absolute atomic E-state index is 11.6. The first-order valence-corrected chi connectivity index (χ1v) is 5.60. The van der Waals surface area contributed by atoms with Crippen molar-refractivity contribution in [2.75, 3.05) is 5.32 Å². The molecule has 2 rings (SSSR count). The fourth-order valence-electron chi connectivity index (χ4n) is 1.26. The molecule has 0 atom stereocenters. The number of carbonyl (C=O) groups is 1. The van der Waals surface area contributed by atoms with Crippen LogP contribution in [0.2, 0.25) is 0 Å². The fraction of sp³-hybridized carbons (Fsp3) is 0.0909. The highest BCUT2D eigenvalue weighted by molar-refractivity contribution is 7.07. The van der Waals surface area contributed by atoms with Crippen LogP contribution in [0.25, 0.3) is 0 Å². The number of benzene rings is 1. The second-order valence-electron chi connectivity index (χ2n) is 3.35. The summed E-state index contributed by atoms with van der Waals surface area (Å²) in [7, 11) is 0. The molecule has 82 valence electrons. The molecular formula is C11H10N2O2S. The number of anilines is 1. The van der Waals surface area contributed by atoms with Gasteiger partial charge in [-0.05, 0) is 24.6 Å². The lowest BCUT2D eigenvalue weighted by molar-refractivity contribution is 0.102. The Balaban J connectivity index is 2.18. The van der Waals surface area contributed by atoms with Crippen LogP contribution < -0.4 is 5.32 Å². The molecule has 0 aliphatic carbocycles. The number of nitrogens with one attached hydrogen (secondary N) is 1. The molecule has 2 aromatic rings. The molecule has 0 radical (unpaired) electrons. The Morgan fingerprint density at radius 2 is 2.31 bits per heavy atom. The van der Waals surface area contributed by atoms with Gasteiger partial charge in [-0.2, -0.15) is 0 Å². The number of aryl methyl sites for hydroxylation is 1. The first-order valence-electron chi connectivity index (χ1n) is 4.66. The minimum Gasteiger partial charge on any atom is -0.506 e. The number of hydrogen-bond donors (Lipinski definition) is 2. The summed E-state index contributed by atoms with van der Waals surface area (Å²) in [5, 5.41) is 13.9. The predicted octanol–water partition coefficient (Wildman–Crippen LogP) is 2.41. The molecule has 0 saturated carbocycles. The van der Waals surface area contributed by atoms with Gasteiger partial charge in [-0.1, -0.05) is 6.07 Å². The van der Waals surface area contributed by atoms with Gasteiger partial charge in [0.25, 0.3) is 5.91 Å². The average molecular weight is 234 g/mol. The first-order chi connectivity index (χ1) is 7.66. The highest BCUT2D eigenvalue weighted by Gasteiger charge is 2.10. The summed E-state index contributed by atoms with van der Waals surface area (Å²) in [5.74, 6) is -0.260. The van der Waals surface area contributed by atoms with Crippen LogP contribution in [0.5, 0.6) is 5.75 Å². The predicted molar refractivity (Wildman–Crippen MR) is 62.9 cm³/mol. The van der Waals surface area contributed by atoms with Crippen molar-refractivity contribution in [2.45, 2.75) is 6.92 Å². The topological polar surface area (TPSA) is 62.2 Å². The summed E-state index contributed by atoms with van der Waals surface area (Å²) in [5.41, 5.74) is 3.27. The lowest BCUT2D eigenvalue weighted by Gasteiger charge is -2.06. The lowest BCUT2D eigenvalue weighted by Crippen LogP contribution is -2.12. The molecular weight excluding hydrogens is 224 g/mol. The molecule has 0 spiro atoms. The number of aromatic hydroxyl groups is 1. The first kappa shape index (κ1) is 10.6. The van der Waals surface area contributed by atoms with E-state index >= 15 is 0 Å². The Labute approximate surface area is 96.6 Å². The number of thiazole rings is 1. The fourth-order valence-corrected chi connectivity index (χ4v) is 1.79. The maximum atomic E-state index is 11.6. The Morgan fingerprint density at radius 1 is 1.50 bits per heavy atom. The third kappa shape index (κ3) is 2.20. The molecule has 1 aromatic heterocycles. The average Bonchev–Trinajstić information content (AvgIpc) is 2.75. The van der Waals surface area contributed by atoms with E-state index < -0.39 is 0 Å². The SMILES string of the molecule is Cc1ccc(NC(=O)c2cscn2)c(O)c1. The minimum atomic E-state index is -0.319. The van der Waals surface area contributed by atoms with Gasteiger partial charge < -0.3 is 10.4 Å². The normalized spacial score (nSPS) is 10.1. The van der Waals surface area contributed by atoms with E-state index in [0.29, 0.717) is 11.4 Å². The summed E-state index contributed by atoms with van der Waals surface area (Å²) >= 11 is 1.35. The van der Waals surface area contributed by atoms with E-state index in [1.165, 1.54) is 11.3 Å². The Bertz CT molecular complexity index is 509. The van der Waals surface area contributed by atoms with E-state index in [-0.39, 0.29) is 11.7 Å². The zero-order chi connectivity index (χ0) is 11.5. The molecule has 5 heteroatoms. The Hall–Kier alpha value is -1.88. The van der Waals surface area contributed by atoms with Crippen LogP contribution in [-0.4, -0.2) is 16.0 Å². The van der Waals surface area contributed by atoms with Crippen LogP contribution in [0.1, 0.15) is 16.1 Å². The Morgan fingerprint density at radius 3 is 2.94 bits per heavy atom. The number of phenolic OH excluding ortho intramolecular Hbond substituents is 1. The number of aromatic nitrogens is 1. The van der Waals surface area contributed by atoms with Crippen molar-refractivity contribution in [1.29, 1.82) is 0 Å². The van der Waals surface area contributed by atoms with Crippen LogP contribution in [0, 0.1) is 6.92 Å². The van der Waals surface area contributed by atoms with Gasteiger partial charge >= 0.3 is 0 Å². The molecule has 1 aromatic carbocycles. The number of rotatable bonds is 2. The van der Waals surface area contributed by atoms with Gasteiger partial charge in [0.2, 0.25) is 0 Å². The number of nitrogens with zero attached hydrogens (tertiary/aromatic N) is 1. The van der Waals surface area contributed by atoms with E-state index in [0.717, 1.165) is 5.56 Å². The molecule has 0 unspecified atom stereocenters. The number of phenols is 1. The molecule has 4 nitrogen and oxygen atoms in total. The van der Waals surface area contributed by atoms with Gasteiger partial charge in [-0.15, -0.1) is 11.3 Å². The molecule has 0 bridgehead atoms. The van der Waals surface area contributed by atoms with Crippen LogP contribution in [0.3, 0.4) is 0 Å². The summed E-state index contributed by atoms with van der Waals surface area (Å²) in [4.78, 5) is 15.5. The van der Waals surface area contributed by atoms with Crippen molar-refractivity contribution >= 4 is 22.9 Å². The third-order valence-corrected chi connectivity index (χ3v) is 2.65. The summed E-state index contributed by atoms with van der Waals surface area (Å²) in [6.45, 7) is 1.87. The maximum Gasteiger partial charge on any atom is 0.275 e. The monoisotopic (exact) mass is 234 g/mol. The third-order valence-electron chi connectivity index (χ3n) is 2.07. The quantitative estimate of drug-likeness (QED) is 0.784. The molecule has 1 heterocycles. The number of amides is 1. The van der Waals surface area contributed by atoms with Crippen LogP contribution in [0.15, 0.2) is 29.1 Å². The summed E-state index contributed by atoms with van der Waals surface area (Å²) < 4.78 is 0. The van der Waals surface area contributed by atoms with Crippen molar-refractivity contribution in [3.05, 3.63) is 40.3 Å². The van der Waals surface area contributed by atoms with Crippen LogP contribution in [0.4, 0.5) is 5.69 Å². The van der Waals surface area contributed by atoms with Gasteiger partial charge in [0, 0.05) is 5.38 Å². The second kappa shape index (κ2) is 4.32. The van der Waals surface area contributed by atoms with Crippen molar-refractivity contribution < 1.29 is 9.90 Å². The van der Waals surface area contributed by atoms with E-state index in [2.05, 4.69) is 10.3 Å². The van der Waals surface area contributed by atoms with Crippen molar-refractivity contribution in [3.63, 3.8) is 0 Å². The molecule has 0 aliphatic heterocycles. The van der Waals surface area contributed by atoms with E-state index in [9.17, 15) is 9.90 Å². The van der Waals surface area contributed by atoms with Crippen molar-refractivity contribution in [2.24, 2.45) is 0 Å². The highest BCUT2D eigenvalue weighted by atomic mass is 32.1. The Kier molecular flexibility index (Phi) is 2.87. The largest absolute Gasteiger partial charge is 0.506 e. The second-order valence-corrected chi connectivity index (χ2v) is 4.07. The van der Waals surface area contributed by atoms with Gasteiger partial charge in [-0.25, -0.2) is 4.98 Å². The molecule has 1 amide bonds. The van der Waals surface area contributed by atoms with Gasteiger partial charge in [0.15, 0.2) is 0 Å². The van der Waals surface area contributed by atoms with E-state index in [1.807, 2.05) is 13.0 Å². The zero-order valence-electron chi connectivity index (χ0n) is 8.60. The minimum absolute atomic E-state index is 0.0589. The molecule has 16 heavy (non-hydrogen) atoms. The molecule has 0 aliphatic rings. The highest BCUT2D eigenvalue weighted by Crippen LogP contribution is 2.24. The van der Waals surface area contributed by atoms with Gasteiger partial charge in [0.05, 0.1) is 11.2 Å². The lowest BCUT2D eigenvalue weighted by atomic mass is 10.2. The van der Waals surface area contributed by atoms with Crippen LogP contribution >= 0.6 is 11.3 Å². The summed E-state index contributed by atoms with van der Waals surface area (Å²) in [6.07, 6.45) is 0. The smallest absolute Gasteiger partial charge is 0.275 e. The molecule has 0 saturated heterocycles. The summed E-state index contributed by atoms with van der Waals surface area (Å²) in [6, 6.07) is 5.07. The van der Waals surface area contributed by atoms with E-state index in [4.69, 9.17) is 0 Å². The van der Waals surface area contributed by atoms with E-state index in [1.54, 1.807) is 23.0 Å². The number of carbonyl (C=O) groups excluding carboxylic acids is 1. The van der Waals surface area contributed by atoms with Gasteiger partial charge in [0.1, 0.15) is 11.4 Å². The van der Waals surface area contributed by atoms with Crippen molar-refractivity contribution in [3.8, 4) is 5.75 Å². The van der Waals surface area contributed by atoms with Crippen molar-refractivity contribution in [1.82, 2.24) is 4.98 Å². The molecule has 2 N–H and O–H groups in total. The van der Waals surface area contributed by atoms with Gasteiger partial charge in [-0.3, -0.25) is 4.79 Å². The zero-order valence-corrected chi connectivity index (χ0v) is 9.41.